The number of alkyl halides is 3. The Morgan fingerprint density at radius 3 is 2.43 bits per heavy atom. The number of halogens is 3. The highest BCUT2D eigenvalue weighted by Crippen LogP contribution is 2.30. The number of carbonyl (C=O) groups is 1. The monoisotopic (exact) mass is 387 g/mol. The molecule has 3 rings (SSSR count). The molecule has 0 spiro atoms. The van der Waals surface area contributed by atoms with Crippen LogP contribution < -0.4 is 11.1 Å². The van der Waals surface area contributed by atoms with Crippen LogP contribution in [0.3, 0.4) is 0 Å². The maximum atomic E-state index is 12.7. The minimum absolute atomic E-state index is 0.124. The molecule has 0 fully saturated rings. The van der Waals surface area contributed by atoms with Crippen LogP contribution in [0.25, 0.3) is 5.69 Å². The summed E-state index contributed by atoms with van der Waals surface area (Å²) in [4.78, 5) is 12.7. The molecule has 0 aliphatic heterocycles. The number of anilines is 1. The lowest BCUT2D eigenvalue weighted by Crippen LogP contribution is -2.18. The van der Waals surface area contributed by atoms with Crippen LogP contribution in [0, 0.1) is 12.3 Å². The van der Waals surface area contributed by atoms with E-state index >= 15 is 0 Å². The van der Waals surface area contributed by atoms with Crippen LogP contribution in [-0.4, -0.2) is 21.5 Å². The number of nitrogen functional groups attached to an aromatic ring is 1. The fourth-order valence-corrected chi connectivity index (χ4v) is 2.60. The van der Waals surface area contributed by atoms with Crippen molar-refractivity contribution in [1.29, 1.82) is 5.41 Å². The number of carbonyl (C=O) groups excluding carboxylic acids is 1. The summed E-state index contributed by atoms with van der Waals surface area (Å²) in [7, 11) is 0. The molecule has 9 heteroatoms. The molecular weight excluding hydrogens is 371 g/mol. The predicted molar refractivity (Wildman–Crippen MR) is 98.7 cm³/mol. The summed E-state index contributed by atoms with van der Waals surface area (Å²) in [5.74, 6) is -0.657. The number of hydrogen-bond acceptors (Lipinski definition) is 3. The van der Waals surface area contributed by atoms with E-state index in [0.29, 0.717) is 16.9 Å². The fourth-order valence-electron chi connectivity index (χ4n) is 2.60. The van der Waals surface area contributed by atoms with Gasteiger partial charge in [0, 0.05) is 11.3 Å². The number of rotatable bonds is 4. The van der Waals surface area contributed by atoms with E-state index in [1.54, 1.807) is 37.3 Å². The van der Waals surface area contributed by atoms with Crippen LogP contribution in [-0.2, 0) is 6.18 Å². The number of benzene rings is 2. The number of nitrogens with one attached hydrogen (secondary N) is 2. The van der Waals surface area contributed by atoms with Gasteiger partial charge in [0.15, 0.2) is 0 Å². The summed E-state index contributed by atoms with van der Waals surface area (Å²) in [5.41, 5.74) is 6.69. The molecule has 1 amide bonds. The van der Waals surface area contributed by atoms with E-state index in [9.17, 15) is 18.0 Å². The highest BCUT2D eigenvalue weighted by atomic mass is 19.4. The third-order valence-electron chi connectivity index (χ3n) is 3.94. The number of nitrogens with zero attached hydrogens (tertiary/aromatic N) is 2. The van der Waals surface area contributed by atoms with Gasteiger partial charge in [-0.3, -0.25) is 10.2 Å². The molecule has 0 aliphatic rings. The van der Waals surface area contributed by atoms with E-state index in [2.05, 4.69) is 10.4 Å². The van der Waals surface area contributed by atoms with Gasteiger partial charge in [-0.1, -0.05) is 12.1 Å². The molecule has 0 unspecified atom stereocenters. The third kappa shape index (κ3) is 4.03. The van der Waals surface area contributed by atoms with Gasteiger partial charge >= 0.3 is 6.18 Å². The van der Waals surface area contributed by atoms with Crippen molar-refractivity contribution in [2.75, 3.05) is 5.32 Å². The van der Waals surface area contributed by atoms with E-state index in [0.717, 1.165) is 12.1 Å². The van der Waals surface area contributed by atoms with E-state index in [4.69, 9.17) is 11.1 Å². The van der Waals surface area contributed by atoms with Crippen molar-refractivity contribution in [1.82, 2.24) is 9.78 Å². The standard InChI is InChI=1S/C19H16F3N5O/c1-11-9-16(27(26-11)15-4-2-3-12(10-15)17(23)24)18(28)25-14-7-5-13(6-8-14)19(20,21)22/h2-10H,1H3,(H3,23,24)(H,25,28). The highest BCUT2D eigenvalue weighted by Gasteiger charge is 2.30. The zero-order valence-electron chi connectivity index (χ0n) is 14.7. The Kier molecular flexibility index (Phi) is 4.91. The van der Waals surface area contributed by atoms with Crippen LogP contribution in [0.5, 0.6) is 0 Å². The summed E-state index contributed by atoms with van der Waals surface area (Å²) < 4.78 is 39.4. The second-order valence-electron chi connectivity index (χ2n) is 6.08. The second kappa shape index (κ2) is 7.18. The van der Waals surface area contributed by atoms with Crippen molar-refractivity contribution in [3.63, 3.8) is 0 Å². The Morgan fingerprint density at radius 1 is 1.14 bits per heavy atom. The van der Waals surface area contributed by atoms with Crippen LogP contribution in [0.2, 0.25) is 0 Å². The molecule has 0 radical (unpaired) electrons. The first-order valence-electron chi connectivity index (χ1n) is 8.15. The first-order valence-corrected chi connectivity index (χ1v) is 8.15. The van der Waals surface area contributed by atoms with Gasteiger partial charge in [0.1, 0.15) is 11.5 Å². The van der Waals surface area contributed by atoms with Gasteiger partial charge < -0.3 is 11.1 Å². The van der Waals surface area contributed by atoms with E-state index in [1.807, 2.05) is 0 Å². The summed E-state index contributed by atoms with van der Waals surface area (Å²) in [5, 5.41) is 14.4. The van der Waals surface area contributed by atoms with Crippen molar-refractivity contribution in [2.45, 2.75) is 13.1 Å². The molecule has 1 aromatic heterocycles. The van der Waals surface area contributed by atoms with Crippen molar-refractivity contribution in [3.05, 3.63) is 77.1 Å². The lowest BCUT2D eigenvalue weighted by molar-refractivity contribution is -0.137. The molecule has 0 aliphatic carbocycles. The lowest BCUT2D eigenvalue weighted by atomic mass is 10.2. The van der Waals surface area contributed by atoms with E-state index in [1.165, 1.54) is 16.8 Å². The summed E-state index contributed by atoms with van der Waals surface area (Å²) >= 11 is 0. The van der Waals surface area contributed by atoms with Crippen molar-refractivity contribution in [2.24, 2.45) is 5.73 Å². The summed E-state index contributed by atoms with van der Waals surface area (Å²) in [6.07, 6.45) is -4.44. The highest BCUT2D eigenvalue weighted by molar-refractivity contribution is 6.03. The zero-order chi connectivity index (χ0) is 20.5. The molecule has 0 bridgehead atoms. The van der Waals surface area contributed by atoms with Crippen molar-refractivity contribution < 1.29 is 18.0 Å². The molecule has 1 heterocycles. The Bertz CT molecular complexity index is 1040. The fraction of sp³-hybridized carbons (Fsp3) is 0.105. The van der Waals surface area contributed by atoms with Gasteiger partial charge in [-0.05, 0) is 49.4 Å². The SMILES string of the molecule is Cc1cc(C(=O)Nc2ccc(C(F)(F)F)cc2)n(-c2cccc(C(=N)N)c2)n1. The normalized spacial score (nSPS) is 11.3. The molecule has 4 N–H and O–H groups in total. The van der Waals surface area contributed by atoms with E-state index in [-0.39, 0.29) is 17.2 Å². The number of nitrogens with two attached hydrogens (primary N) is 1. The first kappa shape index (κ1) is 19.2. The number of amidine groups is 1. The average Bonchev–Trinajstić information content (AvgIpc) is 3.03. The van der Waals surface area contributed by atoms with Crippen molar-refractivity contribution in [3.8, 4) is 5.69 Å². The minimum atomic E-state index is -4.44. The van der Waals surface area contributed by atoms with Gasteiger partial charge in [-0.25, -0.2) is 4.68 Å². The van der Waals surface area contributed by atoms with Gasteiger partial charge in [0.2, 0.25) is 0 Å². The Labute approximate surface area is 158 Å². The quantitative estimate of drug-likeness (QED) is 0.470. The molecule has 0 saturated heterocycles. The van der Waals surface area contributed by atoms with Gasteiger partial charge in [0.25, 0.3) is 5.91 Å². The number of amides is 1. The second-order valence-corrected chi connectivity index (χ2v) is 6.08. The van der Waals surface area contributed by atoms with Gasteiger partial charge in [-0.2, -0.15) is 18.3 Å². The predicted octanol–water partition coefficient (Wildman–Crippen LogP) is 3.74. The largest absolute Gasteiger partial charge is 0.416 e. The first-order chi connectivity index (χ1) is 13.1. The number of aryl methyl sites for hydroxylation is 1. The Hall–Kier alpha value is -3.62. The third-order valence-corrected chi connectivity index (χ3v) is 3.94. The number of hydrogen-bond donors (Lipinski definition) is 3. The van der Waals surface area contributed by atoms with Crippen LogP contribution in [0.15, 0.2) is 54.6 Å². The van der Waals surface area contributed by atoms with Crippen molar-refractivity contribution >= 4 is 17.4 Å². The summed E-state index contributed by atoms with van der Waals surface area (Å²) in [6.45, 7) is 1.71. The Morgan fingerprint density at radius 2 is 1.82 bits per heavy atom. The molecular formula is C19H16F3N5O. The van der Waals surface area contributed by atoms with Gasteiger partial charge in [-0.15, -0.1) is 0 Å². The van der Waals surface area contributed by atoms with Crippen LogP contribution in [0.4, 0.5) is 18.9 Å². The van der Waals surface area contributed by atoms with Crippen LogP contribution in [0.1, 0.15) is 27.3 Å². The van der Waals surface area contributed by atoms with E-state index < -0.39 is 17.6 Å². The molecule has 144 valence electrons. The minimum Gasteiger partial charge on any atom is -0.384 e. The smallest absolute Gasteiger partial charge is 0.384 e. The Balaban J connectivity index is 1.89. The maximum Gasteiger partial charge on any atom is 0.416 e. The molecule has 0 atom stereocenters. The maximum absolute atomic E-state index is 12.7. The molecule has 0 saturated carbocycles. The lowest BCUT2D eigenvalue weighted by Gasteiger charge is -2.11. The zero-order valence-corrected chi connectivity index (χ0v) is 14.7. The molecule has 3 aromatic rings. The molecule has 6 nitrogen and oxygen atoms in total. The number of aromatic nitrogens is 2. The summed E-state index contributed by atoms with van der Waals surface area (Å²) in [6, 6.07) is 12.4. The molecule has 2 aromatic carbocycles. The van der Waals surface area contributed by atoms with Gasteiger partial charge in [0.05, 0.1) is 16.9 Å². The van der Waals surface area contributed by atoms with Crippen LogP contribution >= 0.6 is 0 Å². The topological polar surface area (TPSA) is 96.8 Å². The molecule has 28 heavy (non-hydrogen) atoms. The average molecular weight is 387 g/mol.